The van der Waals surface area contributed by atoms with Gasteiger partial charge in [0, 0.05) is 22.2 Å². The summed E-state index contributed by atoms with van der Waals surface area (Å²) in [5.41, 5.74) is 1.76. The number of carbonyl (C=O) groups is 2. The first kappa shape index (κ1) is 15.6. The summed E-state index contributed by atoms with van der Waals surface area (Å²) in [6, 6.07) is 9.94. The van der Waals surface area contributed by atoms with E-state index in [1.807, 2.05) is 0 Å². The van der Waals surface area contributed by atoms with Crippen molar-refractivity contribution in [2.45, 2.75) is 6.54 Å². The first-order chi connectivity index (χ1) is 11.0. The second kappa shape index (κ2) is 6.48. The minimum atomic E-state index is -0.265. The maximum atomic E-state index is 12.2. The molecule has 118 valence electrons. The van der Waals surface area contributed by atoms with Crippen LogP contribution in [0, 0.1) is 0 Å². The van der Waals surface area contributed by atoms with E-state index < -0.39 is 0 Å². The summed E-state index contributed by atoms with van der Waals surface area (Å²) in [4.78, 5) is 23.4. The number of nitrogens with one attached hydrogen (secondary N) is 2. The van der Waals surface area contributed by atoms with Gasteiger partial charge in [0.05, 0.1) is 5.69 Å². The van der Waals surface area contributed by atoms with Crippen LogP contribution in [-0.2, 0) is 11.3 Å². The molecule has 2 aromatic carbocycles. The fourth-order valence-electron chi connectivity index (χ4n) is 2.16. The van der Waals surface area contributed by atoms with Crippen molar-refractivity contribution in [3.63, 3.8) is 0 Å². The zero-order valence-corrected chi connectivity index (χ0v) is 13.4. The van der Waals surface area contributed by atoms with Crippen LogP contribution in [0.5, 0.6) is 5.75 Å². The molecule has 1 aliphatic rings. The van der Waals surface area contributed by atoms with Gasteiger partial charge < -0.3 is 15.4 Å². The minimum absolute atomic E-state index is 0.0571. The highest BCUT2D eigenvalue weighted by atomic mass is 35.5. The van der Waals surface area contributed by atoms with Crippen LogP contribution in [0.1, 0.15) is 15.9 Å². The molecule has 0 saturated heterocycles. The number of rotatable bonds is 3. The van der Waals surface area contributed by atoms with Gasteiger partial charge in [-0.1, -0.05) is 29.3 Å². The molecule has 5 nitrogen and oxygen atoms in total. The molecule has 0 saturated carbocycles. The summed E-state index contributed by atoms with van der Waals surface area (Å²) in [6.45, 7) is 0.224. The lowest BCUT2D eigenvalue weighted by molar-refractivity contribution is -0.118. The van der Waals surface area contributed by atoms with E-state index in [-0.39, 0.29) is 25.0 Å². The molecule has 1 heterocycles. The van der Waals surface area contributed by atoms with Gasteiger partial charge in [-0.05, 0) is 35.9 Å². The average molecular weight is 351 g/mol. The molecule has 3 rings (SSSR count). The number of anilines is 1. The Kier molecular flexibility index (Phi) is 4.41. The Balaban J connectivity index is 1.70. The van der Waals surface area contributed by atoms with E-state index in [9.17, 15) is 9.59 Å². The molecule has 7 heteroatoms. The predicted molar refractivity (Wildman–Crippen MR) is 88.2 cm³/mol. The Labute approximate surface area is 142 Å². The van der Waals surface area contributed by atoms with E-state index in [1.54, 1.807) is 36.4 Å². The number of hydrogen-bond donors (Lipinski definition) is 2. The van der Waals surface area contributed by atoms with Gasteiger partial charge in [-0.2, -0.15) is 0 Å². The number of hydrogen-bond acceptors (Lipinski definition) is 3. The Morgan fingerprint density at radius 2 is 2.04 bits per heavy atom. The fraction of sp³-hybridized carbons (Fsp3) is 0.125. The summed E-state index contributed by atoms with van der Waals surface area (Å²) in [5.74, 6) is -0.00632. The van der Waals surface area contributed by atoms with Gasteiger partial charge in [-0.25, -0.2) is 0 Å². The standard InChI is InChI=1S/C16H12Cl2N2O3/c17-11-3-1-10(12(18)6-11)7-19-16(22)9-2-4-13-14(5-9)23-8-15(21)20-13/h1-6H,7-8H2,(H,19,22)(H,20,21). The summed E-state index contributed by atoms with van der Waals surface area (Å²) >= 11 is 11.9. The number of halogens is 2. The minimum Gasteiger partial charge on any atom is -0.482 e. The largest absolute Gasteiger partial charge is 0.482 e. The molecule has 23 heavy (non-hydrogen) atoms. The van der Waals surface area contributed by atoms with Crippen molar-refractivity contribution in [3.05, 3.63) is 57.6 Å². The van der Waals surface area contributed by atoms with Crippen molar-refractivity contribution in [2.24, 2.45) is 0 Å². The van der Waals surface area contributed by atoms with Crippen molar-refractivity contribution >= 4 is 40.7 Å². The molecule has 1 aliphatic heterocycles. The van der Waals surface area contributed by atoms with Crippen LogP contribution in [0.15, 0.2) is 36.4 Å². The quantitative estimate of drug-likeness (QED) is 0.892. The van der Waals surface area contributed by atoms with Crippen LogP contribution < -0.4 is 15.4 Å². The first-order valence-corrected chi connectivity index (χ1v) is 7.57. The highest BCUT2D eigenvalue weighted by Crippen LogP contribution is 2.28. The Morgan fingerprint density at radius 1 is 1.22 bits per heavy atom. The fourth-order valence-corrected chi connectivity index (χ4v) is 2.63. The van der Waals surface area contributed by atoms with Gasteiger partial charge in [-0.3, -0.25) is 9.59 Å². The maximum absolute atomic E-state index is 12.2. The Hall–Kier alpha value is -2.24. The summed E-state index contributed by atoms with van der Waals surface area (Å²) in [5, 5.41) is 6.49. The third-order valence-corrected chi connectivity index (χ3v) is 3.92. The second-order valence-corrected chi connectivity index (χ2v) is 5.81. The molecule has 2 amide bonds. The van der Waals surface area contributed by atoms with Crippen molar-refractivity contribution < 1.29 is 14.3 Å². The maximum Gasteiger partial charge on any atom is 0.262 e. The number of amides is 2. The molecule has 0 radical (unpaired) electrons. The number of fused-ring (bicyclic) bond motifs is 1. The molecule has 0 aromatic heterocycles. The SMILES string of the molecule is O=C1COc2cc(C(=O)NCc3ccc(Cl)cc3Cl)ccc2N1. The molecular weight excluding hydrogens is 339 g/mol. The Bertz CT molecular complexity index is 793. The predicted octanol–water partition coefficient (Wildman–Crippen LogP) is 3.25. The summed E-state index contributed by atoms with van der Waals surface area (Å²) < 4.78 is 5.29. The smallest absolute Gasteiger partial charge is 0.262 e. The molecule has 0 fully saturated rings. The lowest BCUT2D eigenvalue weighted by Crippen LogP contribution is -2.26. The number of benzene rings is 2. The third-order valence-electron chi connectivity index (χ3n) is 3.33. The molecule has 0 bridgehead atoms. The molecule has 0 unspecified atom stereocenters. The second-order valence-electron chi connectivity index (χ2n) is 4.97. The van der Waals surface area contributed by atoms with Gasteiger partial charge in [0.2, 0.25) is 0 Å². The lowest BCUT2D eigenvalue weighted by Gasteiger charge is -2.18. The van der Waals surface area contributed by atoms with Crippen molar-refractivity contribution in [3.8, 4) is 5.75 Å². The monoisotopic (exact) mass is 350 g/mol. The normalized spacial score (nSPS) is 12.9. The third kappa shape index (κ3) is 3.57. The van der Waals surface area contributed by atoms with Gasteiger partial charge >= 0.3 is 0 Å². The van der Waals surface area contributed by atoms with E-state index in [0.29, 0.717) is 27.0 Å². The first-order valence-electron chi connectivity index (χ1n) is 6.82. The van der Waals surface area contributed by atoms with Crippen LogP contribution >= 0.6 is 23.2 Å². The topological polar surface area (TPSA) is 67.4 Å². The molecular formula is C16H12Cl2N2O3. The van der Waals surface area contributed by atoms with E-state index in [1.165, 1.54) is 0 Å². The highest BCUT2D eigenvalue weighted by Gasteiger charge is 2.17. The average Bonchev–Trinajstić information content (AvgIpc) is 2.53. The summed E-state index contributed by atoms with van der Waals surface area (Å²) in [6.07, 6.45) is 0. The molecule has 0 atom stereocenters. The molecule has 2 aromatic rings. The Morgan fingerprint density at radius 3 is 2.83 bits per heavy atom. The van der Waals surface area contributed by atoms with Crippen molar-refractivity contribution in [1.29, 1.82) is 0 Å². The zero-order valence-electron chi connectivity index (χ0n) is 11.9. The number of ether oxygens (including phenoxy) is 1. The van der Waals surface area contributed by atoms with Crippen molar-refractivity contribution in [1.82, 2.24) is 5.32 Å². The van der Waals surface area contributed by atoms with Crippen LogP contribution in [-0.4, -0.2) is 18.4 Å². The van der Waals surface area contributed by atoms with E-state index in [2.05, 4.69) is 10.6 Å². The lowest BCUT2D eigenvalue weighted by atomic mass is 10.1. The zero-order chi connectivity index (χ0) is 16.4. The van der Waals surface area contributed by atoms with Crippen LogP contribution in [0.3, 0.4) is 0 Å². The van der Waals surface area contributed by atoms with Gasteiger partial charge in [0.25, 0.3) is 11.8 Å². The molecule has 2 N–H and O–H groups in total. The van der Waals surface area contributed by atoms with Crippen LogP contribution in [0.4, 0.5) is 5.69 Å². The van der Waals surface area contributed by atoms with E-state index in [0.717, 1.165) is 5.56 Å². The van der Waals surface area contributed by atoms with E-state index in [4.69, 9.17) is 27.9 Å². The van der Waals surface area contributed by atoms with Crippen molar-refractivity contribution in [2.75, 3.05) is 11.9 Å². The summed E-state index contributed by atoms with van der Waals surface area (Å²) in [7, 11) is 0. The van der Waals surface area contributed by atoms with Gasteiger partial charge in [0.1, 0.15) is 5.75 Å². The van der Waals surface area contributed by atoms with Gasteiger partial charge in [-0.15, -0.1) is 0 Å². The number of carbonyl (C=O) groups excluding carboxylic acids is 2. The van der Waals surface area contributed by atoms with Crippen LogP contribution in [0.2, 0.25) is 10.0 Å². The van der Waals surface area contributed by atoms with Gasteiger partial charge in [0.15, 0.2) is 6.61 Å². The van der Waals surface area contributed by atoms with Crippen LogP contribution in [0.25, 0.3) is 0 Å². The molecule has 0 aliphatic carbocycles. The highest BCUT2D eigenvalue weighted by molar-refractivity contribution is 6.35. The molecule has 0 spiro atoms. The van der Waals surface area contributed by atoms with E-state index >= 15 is 0 Å².